The van der Waals surface area contributed by atoms with E-state index in [1.54, 1.807) is 15.3 Å². The third-order valence-electron chi connectivity index (χ3n) is 6.24. The minimum atomic E-state index is -0.108. The molecule has 0 bridgehead atoms. The molecule has 1 aliphatic rings. The molecule has 0 aliphatic carbocycles. The smallest absolute Gasteiger partial charge is 0.330 e. The third-order valence-corrected chi connectivity index (χ3v) is 6.24. The Balaban J connectivity index is 1.39. The summed E-state index contributed by atoms with van der Waals surface area (Å²) in [5.41, 5.74) is 3.54. The molecule has 0 saturated carbocycles. The number of imidazole rings is 1. The number of hydrogen-bond acceptors (Lipinski definition) is 3. The summed E-state index contributed by atoms with van der Waals surface area (Å²) in [4.78, 5) is 32.8. The fourth-order valence-electron chi connectivity index (χ4n) is 4.59. The minimum absolute atomic E-state index is 0.0795. The van der Waals surface area contributed by atoms with Gasteiger partial charge < -0.3 is 10.2 Å². The van der Waals surface area contributed by atoms with Crippen LogP contribution in [0.1, 0.15) is 30.0 Å². The Morgan fingerprint density at radius 1 is 0.970 bits per heavy atom. The van der Waals surface area contributed by atoms with E-state index in [1.165, 1.54) is 0 Å². The van der Waals surface area contributed by atoms with Gasteiger partial charge in [0.05, 0.1) is 18.1 Å². The molecule has 2 aromatic heterocycles. The molecule has 168 valence electrons. The maximum Gasteiger partial charge on any atom is 0.330 e. The maximum absolute atomic E-state index is 13.5. The lowest BCUT2D eigenvalue weighted by molar-refractivity contribution is 0.166. The zero-order valence-electron chi connectivity index (χ0n) is 18.4. The molecular formula is C26H27N5O2. The molecule has 7 heteroatoms. The highest BCUT2D eigenvalue weighted by Gasteiger charge is 2.28. The molecule has 2 amide bonds. The van der Waals surface area contributed by atoms with Crippen molar-refractivity contribution in [2.75, 3.05) is 13.1 Å². The second-order valence-corrected chi connectivity index (χ2v) is 8.46. The van der Waals surface area contributed by atoms with Crippen LogP contribution in [0.25, 0.3) is 11.2 Å². The largest absolute Gasteiger partial charge is 0.334 e. The lowest BCUT2D eigenvalue weighted by Crippen LogP contribution is -2.47. The van der Waals surface area contributed by atoms with Crippen molar-refractivity contribution in [3.8, 4) is 0 Å². The average molecular weight is 442 g/mol. The number of carbonyl (C=O) groups excluding carboxylic acids is 1. The number of hydrogen-bond donors (Lipinski definition) is 1. The molecule has 1 aliphatic heterocycles. The van der Waals surface area contributed by atoms with E-state index in [2.05, 4.69) is 10.3 Å². The van der Waals surface area contributed by atoms with Gasteiger partial charge in [0.2, 0.25) is 0 Å². The fourth-order valence-corrected chi connectivity index (χ4v) is 4.59. The fraction of sp³-hybridized carbons (Fsp3) is 0.269. The molecule has 1 fully saturated rings. The van der Waals surface area contributed by atoms with Gasteiger partial charge in [0.25, 0.3) is 0 Å². The maximum atomic E-state index is 13.5. The zero-order valence-corrected chi connectivity index (χ0v) is 18.4. The van der Waals surface area contributed by atoms with Crippen LogP contribution in [0.2, 0.25) is 0 Å². The highest BCUT2D eigenvalue weighted by molar-refractivity contribution is 5.74. The van der Waals surface area contributed by atoms with Crippen LogP contribution in [0.3, 0.4) is 0 Å². The molecule has 3 heterocycles. The van der Waals surface area contributed by atoms with Gasteiger partial charge in [-0.2, -0.15) is 0 Å². The summed E-state index contributed by atoms with van der Waals surface area (Å²) in [6, 6.07) is 23.4. The minimum Gasteiger partial charge on any atom is -0.334 e. The van der Waals surface area contributed by atoms with Crippen LogP contribution in [-0.4, -0.2) is 38.1 Å². The van der Waals surface area contributed by atoms with Crippen LogP contribution in [-0.2, 0) is 13.1 Å². The number of carbonyl (C=O) groups is 1. The number of aromatic nitrogens is 3. The van der Waals surface area contributed by atoms with Crippen molar-refractivity contribution in [1.29, 1.82) is 0 Å². The molecule has 1 saturated heterocycles. The molecule has 0 radical (unpaired) electrons. The number of urea groups is 1. The van der Waals surface area contributed by atoms with Crippen molar-refractivity contribution in [1.82, 2.24) is 24.3 Å². The van der Waals surface area contributed by atoms with Crippen molar-refractivity contribution in [3.63, 3.8) is 0 Å². The number of fused-ring (bicyclic) bond motifs is 1. The van der Waals surface area contributed by atoms with Crippen molar-refractivity contribution in [2.45, 2.75) is 32.0 Å². The molecule has 2 aromatic carbocycles. The van der Waals surface area contributed by atoms with Crippen molar-refractivity contribution >= 4 is 17.2 Å². The van der Waals surface area contributed by atoms with Crippen molar-refractivity contribution in [3.05, 3.63) is 101 Å². The van der Waals surface area contributed by atoms with Crippen LogP contribution >= 0.6 is 0 Å². The number of likely N-dealkylation sites (tertiary alicyclic amines) is 1. The van der Waals surface area contributed by atoms with Gasteiger partial charge in [-0.05, 0) is 36.1 Å². The molecule has 1 N–H and O–H groups in total. The molecule has 5 rings (SSSR count). The quantitative estimate of drug-likeness (QED) is 0.512. The summed E-state index contributed by atoms with van der Waals surface area (Å²) in [5.74, 6) is 0. The Kier molecular flexibility index (Phi) is 5.93. The lowest BCUT2D eigenvalue weighted by atomic mass is 10.1. The number of piperidine rings is 1. The molecular weight excluding hydrogens is 414 g/mol. The van der Waals surface area contributed by atoms with Gasteiger partial charge in [0.1, 0.15) is 0 Å². The molecule has 7 nitrogen and oxygen atoms in total. The van der Waals surface area contributed by atoms with E-state index in [9.17, 15) is 9.59 Å². The average Bonchev–Trinajstić information content (AvgIpc) is 3.15. The van der Waals surface area contributed by atoms with Crippen molar-refractivity contribution in [2.24, 2.45) is 0 Å². The Bertz CT molecular complexity index is 1300. The summed E-state index contributed by atoms with van der Waals surface area (Å²) in [7, 11) is 0. The number of amides is 2. The van der Waals surface area contributed by atoms with Gasteiger partial charge in [-0.15, -0.1) is 0 Å². The van der Waals surface area contributed by atoms with Gasteiger partial charge in [-0.25, -0.2) is 14.6 Å². The Hall–Kier alpha value is -3.87. The second kappa shape index (κ2) is 9.32. The van der Waals surface area contributed by atoms with Gasteiger partial charge in [-0.3, -0.25) is 9.13 Å². The van der Waals surface area contributed by atoms with Gasteiger partial charge in [0.15, 0.2) is 5.65 Å². The first-order valence-electron chi connectivity index (χ1n) is 11.4. The summed E-state index contributed by atoms with van der Waals surface area (Å²) >= 11 is 0. The summed E-state index contributed by atoms with van der Waals surface area (Å²) < 4.78 is 3.57. The number of rotatable bonds is 5. The van der Waals surface area contributed by atoms with Crippen LogP contribution in [0.15, 0.2) is 83.8 Å². The molecule has 33 heavy (non-hydrogen) atoms. The topological polar surface area (TPSA) is 72.2 Å². The number of nitrogens with zero attached hydrogens (tertiary/aromatic N) is 4. The molecule has 0 spiro atoms. The summed E-state index contributed by atoms with van der Waals surface area (Å²) in [6.45, 7) is 2.14. The van der Waals surface area contributed by atoms with Crippen LogP contribution in [0, 0.1) is 0 Å². The first-order chi connectivity index (χ1) is 16.2. The number of benzene rings is 2. The molecule has 4 aromatic rings. The van der Waals surface area contributed by atoms with E-state index in [0.717, 1.165) is 29.5 Å². The molecule has 0 unspecified atom stereocenters. The molecule has 1 atom stereocenters. The van der Waals surface area contributed by atoms with Crippen molar-refractivity contribution < 1.29 is 4.79 Å². The Morgan fingerprint density at radius 2 is 1.70 bits per heavy atom. The Morgan fingerprint density at radius 3 is 2.45 bits per heavy atom. The second-order valence-electron chi connectivity index (χ2n) is 8.46. The third kappa shape index (κ3) is 4.39. The van der Waals surface area contributed by atoms with Gasteiger partial charge in [0, 0.05) is 25.8 Å². The van der Waals surface area contributed by atoms with E-state index in [0.29, 0.717) is 31.8 Å². The predicted octanol–water partition coefficient (Wildman–Crippen LogP) is 3.79. The number of pyridine rings is 1. The van der Waals surface area contributed by atoms with E-state index in [-0.39, 0.29) is 17.8 Å². The predicted molar refractivity (Wildman–Crippen MR) is 128 cm³/mol. The van der Waals surface area contributed by atoms with Gasteiger partial charge in [-0.1, -0.05) is 60.7 Å². The van der Waals surface area contributed by atoms with Crippen LogP contribution < -0.4 is 11.0 Å². The van der Waals surface area contributed by atoms with E-state index in [1.807, 2.05) is 77.7 Å². The van der Waals surface area contributed by atoms with E-state index >= 15 is 0 Å². The first kappa shape index (κ1) is 21.0. The lowest BCUT2D eigenvalue weighted by Gasteiger charge is -2.33. The SMILES string of the molecule is O=C(NCc1ccccc1)N1CCC[C@H](n2c(=O)n(Cc3ccccc3)c3cccnc32)C1. The zero-order chi connectivity index (χ0) is 22.6. The highest BCUT2D eigenvalue weighted by atomic mass is 16.2. The standard InChI is InChI=1S/C26H27N5O2/c32-25(28-17-20-9-3-1-4-10-20)29-16-8-13-22(19-29)31-24-23(14-7-15-27-24)30(26(31)33)18-21-11-5-2-6-12-21/h1-7,9-12,14-15,22H,8,13,16-19H2,(H,28,32)/t22-/m0/s1. The summed E-state index contributed by atoms with van der Waals surface area (Å²) in [5, 5.41) is 3.01. The highest BCUT2D eigenvalue weighted by Crippen LogP contribution is 2.24. The van der Waals surface area contributed by atoms with E-state index < -0.39 is 0 Å². The van der Waals surface area contributed by atoms with Crippen LogP contribution in [0.4, 0.5) is 4.79 Å². The Labute approximate surface area is 192 Å². The van der Waals surface area contributed by atoms with E-state index in [4.69, 9.17) is 0 Å². The monoisotopic (exact) mass is 441 g/mol. The number of nitrogens with one attached hydrogen (secondary N) is 1. The van der Waals surface area contributed by atoms with Crippen LogP contribution in [0.5, 0.6) is 0 Å². The van der Waals surface area contributed by atoms with Gasteiger partial charge >= 0.3 is 11.7 Å². The normalized spacial score (nSPS) is 16.1. The first-order valence-corrected chi connectivity index (χ1v) is 11.4. The summed E-state index contributed by atoms with van der Waals surface area (Å²) in [6.07, 6.45) is 3.40.